The number of carbonyl (C=O) groups excluding carboxylic acids is 2. The van der Waals surface area contributed by atoms with Gasteiger partial charge in [0, 0.05) is 52.3 Å². The monoisotopic (exact) mass is 1010 g/mol. The first-order valence-electron chi connectivity index (χ1n) is 22.1. The predicted octanol–water partition coefficient (Wildman–Crippen LogP) is 9.49. The minimum absolute atomic E-state index is 0.0198. The first-order valence-corrected chi connectivity index (χ1v) is 23.7. The second kappa shape index (κ2) is 19.2. The van der Waals surface area contributed by atoms with Crippen LogP contribution >= 0.6 is 27.7 Å². The maximum Gasteiger partial charge on any atom is 0.416 e. The highest BCUT2D eigenvalue weighted by Gasteiger charge is 2.30. The number of imidazole rings is 2. The second-order valence-electron chi connectivity index (χ2n) is 18.5. The Morgan fingerprint density at radius 3 is 1.57 bits per heavy atom. The fraction of sp³-hybridized carbons (Fsp3) is 0.347. The molecule has 6 N–H and O–H groups in total. The molecular formula is C49H52BrF3N10O4S. The largest absolute Gasteiger partial charge is 0.416 e. The van der Waals surface area contributed by atoms with Crippen molar-refractivity contribution in [2.45, 2.75) is 107 Å². The van der Waals surface area contributed by atoms with Gasteiger partial charge in [0.15, 0.2) is 11.3 Å². The van der Waals surface area contributed by atoms with Crippen molar-refractivity contribution in [2.24, 2.45) is 0 Å². The number of benzene rings is 3. The van der Waals surface area contributed by atoms with E-state index in [2.05, 4.69) is 52.3 Å². The number of amides is 2. The van der Waals surface area contributed by atoms with Crippen molar-refractivity contribution in [2.75, 3.05) is 23.7 Å². The SMILES string of the molecule is Cc1cc(-c2cnc3c(NCC(C)(C)O)cc(Br)nn23)ccc1C(=O)NC1CC1.Cc1cc(-c2cnc3c(NCC(C)(C)O)cc(Sc4ccc(C(F)(F)F)cc4)nn23)ccc1C(=O)NC1CC1. The molecule has 2 amide bonds. The van der Waals surface area contributed by atoms with Crippen molar-refractivity contribution in [3.63, 3.8) is 0 Å². The third kappa shape index (κ3) is 12.0. The summed E-state index contributed by atoms with van der Waals surface area (Å²) in [6, 6.07) is 20.4. The maximum absolute atomic E-state index is 13.0. The Hall–Kier alpha value is -6.02. The molecule has 0 radical (unpaired) electrons. The van der Waals surface area contributed by atoms with Crippen LogP contribution in [0.1, 0.15) is 90.8 Å². The Labute approximate surface area is 403 Å². The highest BCUT2D eigenvalue weighted by atomic mass is 79.9. The van der Waals surface area contributed by atoms with Crippen LogP contribution in [0.4, 0.5) is 24.5 Å². The minimum atomic E-state index is -4.41. The molecule has 7 aromatic rings. The van der Waals surface area contributed by atoms with E-state index in [1.807, 2.05) is 50.2 Å². The molecule has 0 spiro atoms. The van der Waals surface area contributed by atoms with Gasteiger partial charge in [-0.15, -0.1) is 0 Å². The van der Waals surface area contributed by atoms with Crippen LogP contribution < -0.4 is 21.3 Å². The number of nitrogens with zero attached hydrogens (tertiary/aromatic N) is 6. The molecule has 0 saturated heterocycles. The first-order chi connectivity index (χ1) is 32.1. The quantitative estimate of drug-likeness (QED) is 0.0610. The molecule has 9 rings (SSSR count). The van der Waals surface area contributed by atoms with Crippen molar-refractivity contribution in [3.8, 4) is 22.5 Å². The Bertz CT molecular complexity index is 3010. The van der Waals surface area contributed by atoms with Crippen LogP contribution in [0.15, 0.2) is 99.7 Å². The average Bonchev–Trinajstić information content (AvgIpc) is 4.18. The van der Waals surface area contributed by atoms with Gasteiger partial charge >= 0.3 is 6.18 Å². The number of aliphatic hydroxyl groups is 2. The summed E-state index contributed by atoms with van der Waals surface area (Å²) < 4.78 is 43.1. The lowest BCUT2D eigenvalue weighted by atomic mass is 10.0. The fourth-order valence-corrected chi connectivity index (χ4v) is 8.38. The number of hydrogen-bond donors (Lipinski definition) is 6. The van der Waals surface area contributed by atoms with Gasteiger partial charge in [0.05, 0.1) is 51.9 Å². The number of fused-ring (bicyclic) bond motifs is 2. The summed E-state index contributed by atoms with van der Waals surface area (Å²) in [7, 11) is 0. The zero-order valence-corrected chi connectivity index (χ0v) is 40.7. The number of rotatable bonds is 14. The number of nitrogens with one attached hydrogen (secondary N) is 4. The number of aromatic nitrogens is 6. The predicted molar refractivity (Wildman–Crippen MR) is 260 cm³/mol. The molecule has 19 heteroatoms. The van der Waals surface area contributed by atoms with Crippen LogP contribution in [0.2, 0.25) is 0 Å². The Kier molecular flexibility index (Phi) is 13.7. The lowest BCUT2D eigenvalue weighted by molar-refractivity contribution is -0.137. The van der Waals surface area contributed by atoms with Crippen molar-refractivity contribution in [1.29, 1.82) is 0 Å². The molecule has 356 valence electrons. The highest BCUT2D eigenvalue weighted by molar-refractivity contribution is 9.10. The normalized spacial score (nSPS) is 14.1. The summed E-state index contributed by atoms with van der Waals surface area (Å²) >= 11 is 4.67. The van der Waals surface area contributed by atoms with E-state index in [1.54, 1.807) is 61.3 Å². The Morgan fingerprint density at radius 1 is 0.691 bits per heavy atom. The van der Waals surface area contributed by atoms with Gasteiger partial charge in [-0.05, 0) is 155 Å². The number of alkyl halides is 3. The fourth-order valence-electron chi connectivity index (χ4n) is 7.18. The van der Waals surface area contributed by atoms with E-state index in [4.69, 9.17) is 5.10 Å². The van der Waals surface area contributed by atoms with Gasteiger partial charge < -0.3 is 31.5 Å². The third-order valence-electron chi connectivity index (χ3n) is 11.1. The smallest absolute Gasteiger partial charge is 0.389 e. The van der Waals surface area contributed by atoms with Crippen molar-refractivity contribution < 1.29 is 33.0 Å². The molecule has 2 saturated carbocycles. The van der Waals surface area contributed by atoms with Crippen LogP contribution in [0, 0.1) is 13.8 Å². The zero-order valence-electron chi connectivity index (χ0n) is 38.3. The van der Waals surface area contributed by atoms with Crippen LogP contribution in [-0.4, -0.2) is 87.6 Å². The highest BCUT2D eigenvalue weighted by Crippen LogP contribution is 2.35. The zero-order chi connectivity index (χ0) is 48.7. The first kappa shape index (κ1) is 48.4. The minimum Gasteiger partial charge on any atom is -0.389 e. The molecule has 2 fully saturated rings. The summed E-state index contributed by atoms with van der Waals surface area (Å²) in [6.45, 7) is 11.3. The van der Waals surface area contributed by atoms with E-state index in [0.717, 1.165) is 71.5 Å². The molecule has 14 nitrogen and oxygen atoms in total. The van der Waals surface area contributed by atoms with Gasteiger partial charge in [-0.2, -0.15) is 23.4 Å². The summed E-state index contributed by atoms with van der Waals surface area (Å²) in [5.74, 6) is -0.111. The van der Waals surface area contributed by atoms with Gasteiger partial charge in [-0.1, -0.05) is 23.9 Å². The van der Waals surface area contributed by atoms with E-state index < -0.39 is 22.9 Å². The molecule has 4 aromatic heterocycles. The average molecular weight is 1010 g/mol. The lowest BCUT2D eigenvalue weighted by Crippen LogP contribution is -2.29. The second-order valence-corrected chi connectivity index (χ2v) is 20.5. The molecule has 4 heterocycles. The lowest BCUT2D eigenvalue weighted by Gasteiger charge is -2.19. The van der Waals surface area contributed by atoms with E-state index >= 15 is 0 Å². The molecule has 0 aliphatic heterocycles. The summed E-state index contributed by atoms with van der Waals surface area (Å²) in [5.41, 5.74) is 6.29. The van der Waals surface area contributed by atoms with E-state index in [-0.39, 0.29) is 24.4 Å². The van der Waals surface area contributed by atoms with Crippen LogP contribution in [-0.2, 0) is 6.18 Å². The van der Waals surface area contributed by atoms with Crippen molar-refractivity contribution >= 4 is 62.2 Å². The van der Waals surface area contributed by atoms with Crippen LogP contribution in [0.3, 0.4) is 0 Å². The number of aryl methyl sites for hydroxylation is 2. The number of halogens is 4. The van der Waals surface area contributed by atoms with Gasteiger partial charge in [0.2, 0.25) is 0 Å². The molecule has 0 bridgehead atoms. The molecule has 0 atom stereocenters. The van der Waals surface area contributed by atoms with Gasteiger partial charge in [-0.25, -0.2) is 19.0 Å². The van der Waals surface area contributed by atoms with E-state index in [9.17, 15) is 33.0 Å². The number of carbonyl (C=O) groups is 2. The number of hydrogen-bond acceptors (Lipinski definition) is 11. The molecule has 0 unspecified atom stereocenters. The van der Waals surface area contributed by atoms with E-state index in [1.165, 1.54) is 23.9 Å². The van der Waals surface area contributed by atoms with Gasteiger partial charge in [0.25, 0.3) is 11.8 Å². The molecule has 3 aromatic carbocycles. The topological polar surface area (TPSA) is 183 Å². The standard InChI is InChI=1S/C28H28F3N5O2S.C21H24BrN5O2/c1-16-12-17(4-11-21(16)26(37)34-19-7-8-19)23-14-32-25-22(33-15-27(2,3)38)13-24(35-36(23)25)39-20-9-5-18(6-10-20)28(29,30)31;1-12-8-13(4-7-15(12)20(28)25-14-5-6-14)17-10-23-19-16(24-11-21(2,3)29)9-18(22)26-27(17)19/h4-6,9-14,19,33,38H,7-8,15H2,1-3H3,(H,34,37);4,7-10,14,24,29H,5-6,11H2,1-3H3,(H,25,28). The molecule has 2 aliphatic carbocycles. The summed E-state index contributed by atoms with van der Waals surface area (Å²) in [4.78, 5) is 34.7. The van der Waals surface area contributed by atoms with Gasteiger partial charge in [-0.3, -0.25) is 9.59 Å². The van der Waals surface area contributed by atoms with E-state index in [0.29, 0.717) is 60.9 Å². The third-order valence-corrected chi connectivity index (χ3v) is 12.4. The van der Waals surface area contributed by atoms with Crippen LogP contribution in [0.5, 0.6) is 0 Å². The molecule has 2 aliphatic rings. The van der Waals surface area contributed by atoms with Crippen molar-refractivity contribution in [3.05, 3.63) is 118 Å². The number of anilines is 2. The van der Waals surface area contributed by atoms with Crippen LogP contribution in [0.25, 0.3) is 33.8 Å². The Morgan fingerprint density at radius 2 is 1.15 bits per heavy atom. The molecule has 68 heavy (non-hydrogen) atoms. The maximum atomic E-state index is 13.0. The Balaban J connectivity index is 0.000000192. The van der Waals surface area contributed by atoms with Gasteiger partial charge in [0.1, 0.15) is 9.63 Å². The summed E-state index contributed by atoms with van der Waals surface area (Å²) in [5, 5.41) is 42.6. The molecular weight excluding hydrogens is 962 g/mol. The van der Waals surface area contributed by atoms with Crippen molar-refractivity contribution in [1.82, 2.24) is 39.8 Å². The summed E-state index contributed by atoms with van der Waals surface area (Å²) in [6.07, 6.45) is 3.18.